The lowest BCUT2D eigenvalue weighted by Crippen LogP contribution is -2.52. The van der Waals surface area contributed by atoms with Gasteiger partial charge in [-0.25, -0.2) is 0 Å². The molecule has 12 heteroatoms. The van der Waals surface area contributed by atoms with Crippen LogP contribution in [0.1, 0.15) is 35.7 Å². The van der Waals surface area contributed by atoms with E-state index in [4.69, 9.17) is 17.3 Å². The highest BCUT2D eigenvalue weighted by atomic mass is 35.5. The van der Waals surface area contributed by atoms with Crippen molar-refractivity contribution in [2.45, 2.75) is 36.8 Å². The highest BCUT2D eigenvalue weighted by Gasteiger charge is 2.57. The highest BCUT2D eigenvalue weighted by Crippen LogP contribution is 2.46. The molecule has 1 unspecified atom stereocenters. The molecule has 1 aliphatic carbocycles. The number of rotatable bonds is 3. The zero-order valence-electron chi connectivity index (χ0n) is 15.9. The fraction of sp³-hybridized carbons (Fsp3) is 0.368. The van der Waals surface area contributed by atoms with E-state index < -0.39 is 45.3 Å². The van der Waals surface area contributed by atoms with Gasteiger partial charge in [-0.3, -0.25) is 9.48 Å². The van der Waals surface area contributed by atoms with Crippen molar-refractivity contribution in [1.29, 1.82) is 0 Å². The number of hydrogen-bond acceptors (Lipinski definition) is 3. The Hall–Kier alpha value is -2.53. The SMILES string of the molecule is Cn1nc2c(=O)n(C3CC3)ccc2c1C(N)(c1ccc(C(F)(F)F)c(Cl)c1)C(F)(F)F. The van der Waals surface area contributed by atoms with Crippen molar-refractivity contribution in [2.75, 3.05) is 0 Å². The summed E-state index contributed by atoms with van der Waals surface area (Å²) < 4.78 is 84.3. The maximum atomic E-state index is 14.3. The van der Waals surface area contributed by atoms with E-state index in [1.54, 1.807) is 0 Å². The molecule has 2 N–H and O–H groups in total. The van der Waals surface area contributed by atoms with Gasteiger partial charge in [-0.2, -0.15) is 31.4 Å². The maximum absolute atomic E-state index is 14.3. The van der Waals surface area contributed by atoms with Gasteiger partial charge in [-0.05, 0) is 36.6 Å². The van der Waals surface area contributed by atoms with Gasteiger partial charge in [0, 0.05) is 24.7 Å². The Morgan fingerprint density at radius 3 is 2.29 bits per heavy atom. The predicted octanol–water partition coefficient (Wildman–Crippen LogP) is 4.51. The molecule has 1 aromatic carbocycles. The minimum atomic E-state index is -5.15. The Kier molecular flexibility index (Phi) is 4.71. The van der Waals surface area contributed by atoms with Crippen LogP contribution in [0.4, 0.5) is 26.3 Å². The summed E-state index contributed by atoms with van der Waals surface area (Å²) >= 11 is 5.66. The van der Waals surface area contributed by atoms with Crippen molar-refractivity contribution in [1.82, 2.24) is 14.3 Å². The first-order valence-corrected chi connectivity index (χ1v) is 9.45. The van der Waals surface area contributed by atoms with Gasteiger partial charge in [0.15, 0.2) is 11.1 Å². The van der Waals surface area contributed by atoms with E-state index in [9.17, 15) is 31.1 Å². The van der Waals surface area contributed by atoms with Crippen LogP contribution in [0.25, 0.3) is 10.9 Å². The molecule has 31 heavy (non-hydrogen) atoms. The van der Waals surface area contributed by atoms with Crippen molar-refractivity contribution >= 4 is 22.5 Å². The Bertz CT molecular complexity index is 1240. The van der Waals surface area contributed by atoms with E-state index in [0.717, 1.165) is 17.5 Å². The summed E-state index contributed by atoms with van der Waals surface area (Å²) in [7, 11) is 1.19. The van der Waals surface area contributed by atoms with Crippen LogP contribution in [0, 0.1) is 0 Å². The third-order valence-corrected chi connectivity index (χ3v) is 5.73. The highest BCUT2D eigenvalue weighted by molar-refractivity contribution is 6.31. The van der Waals surface area contributed by atoms with Gasteiger partial charge >= 0.3 is 12.4 Å². The summed E-state index contributed by atoms with van der Waals surface area (Å²) in [6.45, 7) is 0. The van der Waals surface area contributed by atoms with Crippen LogP contribution in [-0.4, -0.2) is 20.5 Å². The lowest BCUT2D eigenvalue weighted by Gasteiger charge is -2.33. The minimum absolute atomic E-state index is 0.0266. The van der Waals surface area contributed by atoms with Crippen molar-refractivity contribution in [3.8, 4) is 0 Å². The van der Waals surface area contributed by atoms with Gasteiger partial charge in [-0.1, -0.05) is 17.7 Å². The Morgan fingerprint density at radius 1 is 1.13 bits per heavy atom. The third kappa shape index (κ3) is 3.30. The first-order chi connectivity index (χ1) is 14.3. The second-order valence-electron chi connectivity index (χ2n) is 7.49. The van der Waals surface area contributed by atoms with Crippen LogP contribution in [0.3, 0.4) is 0 Å². The summed E-state index contributed by atoms with van der Waals surface area (Å²) in [4.78, 5) is 12.7. The standard InChI is InChI=1S/C19H15ClF6N4O/c1-29-15(11-6-7-30(10-3-4-10)16(31)14(11)28-29)17(27,19(24,25)26)9-2-5-12(13(20)8-9)18(21,22)23/h2,5-8,10H,3-4,27H2,1H3. The smallest absolute Gasteiger partial charge is 0.311 e. The van der Waals surface area contributed by atoms with E-state index in [0.29, 0.717) is 18.2 Å². The second-order valence-corrected chi connectivity index (χ2v) is 7.90. The summed E-state index contributed by atoms with van der Waals surface area (Å²) in [6, 6.07) is 2.91. The van der Waals surface area contributed by atoms with E-state index >= 15 is 0 Å². The lowest BCUT2D eigenvalue weighted by molar-refractivity contribution is -0.178. The van der Waals surface area contributed by atoms with Crippen molar-refractivity contribution < 1.29 is 26.3 Å². The molecule has 1 aliphatic rings. The molecule has 5 nitrogen and oxygen atoms in total. The van der Waals surface area contributed by atoms with Gasteiger partial charge in [0.25, 0.3) is 5.56 Å². The Balaban J connectivity index is 1.99. The van der Waals surface area contributed by atoms with Crippen LogP contribution < -0.4 is 11.3 Å². The number of nitrogens with zero attached hydrogens (tertiary/aromatic N) is 3. The molecule has 1 saturated carbocycles. The molecule has 4 rings (SSSR count). The molecule has 1 fully saturated rings. The number of aromatic nitrogens is 3. The van der Waals surface area contributed by atoms with E-state index in [2.05, 4.69) is 5.10 Å². The van der Waals surface area contributed by atoms with Crippen molar-refractivity contribution in [2.24, 2.45) is 12.8 Å². The van der Waals surface area contributed by atoms with Gasteiger partial charge in [0.2, 0.25) is 0 Å². The molecule has 0 bridgehead atoms. The first-order valence-electron chi connectivity index (χ1n) is 9.08. The molecule has 0 amide bonds. The van der Waals surface area contributed by atoms with Gasteiger partial charge < -0.3 is 10.3 Å². The number of hydrogen-bond donors (Lipinski definition) is 1. The molecule has 0 saturated heterocycles. The number of pyridine rings is 1. The molecule has 0 aliphatic heterocycles. The fourth-order valence-corrected chi connectivity index (χ4v) is 4.02. The molecular weight excluding hydrogens is 450 g/mol. The van der Waals surface area contributed by atoms with Gasteiger partial charge in [-0.15, -0.1) is 0 Å². The number of halogens is 7. The molecule has 2 heterocycles. The summed E-state index contributed by atoms with van der Waals surface area (Å²) in [5.74, 6) is 0. The fourth-order valence-electron chi connectivity index (χ4n) is 3.73. The van der Waals surface area contributed by atoms with E-state index in [1.807, 2.05) is 0 Å². The molecule has 0 radical (unpaired) electrons. The average molecular weight is 465 g/mol. The average Bonchev–Trinajstić information content (AvgIpc) is 3.41. The van der Waals surface area contributed by atoms with Gasteiger partial charge in [0.1, 0.15) is 0 Å². The Labute approximate surface area is 176 Å². The maximum Gasteiger partial charge on any atom is 0.417 e. The number of aryl methyl sites for hydroxylation is 1. The predicted molar refractivity (Wildman–Crippen MR) is 101 cm³/mol. The minimum Gasteiger partial charge on any atom is -0.311 e. The number of fused-ring (bicyclic) bond motifs is 1. The van der Waals surface area contributed by atoms with Crippen LogP contribution >= 0.6 is 11.6 Å². The van der Waals surface area contributed by atoms with Crippen molar-refractivity contribution in [3.05, 3.63) is 62.7 Å². The van der Waals surface area contributed by atoms with Crippen LogP contribution in [0.5, 0.6) is 0 Å². The van der Waals surface area contributed by atoms with Crippen LogP contribution in [0.2, 0.25) is 5.02 Å². The van der Waals surface area contributed by atoms with Crippen molar-refractivity contribution in [3.63, 3.8) is 0 Å². The monoisotopic (exact) mass is 464 g/mol. The number of alkyl halides is 6. The molecule has 2 aromatic heterocycles. The van der Waals surface area contributed by atoms with E-state index in [1.165, 1.54) is 23.9 Å². The topological polar surface area (TPSA) is 65.8 Å². The summed E-state index contributed by atoms with van der Waals surface area (Å²) in [5.41, 5.74) is -0.735. The normalized spacial score (nSPS) is 17.2. The quantitative estimate of drug-likeness (QED) is 0.580. The Morgan fingerprint density at radius 2 is 1.77 bits per heavy atom. The largest absolute Gasteiger partial charge is 0.417 e. The molecule has 0 spiro atoms. The lowest BCUT2D eigenvalue weighted by atomic mass is 9.84. The summed E-state index contributed by atoms with van der Waals surface area (Å²) in [6.07, 6.45) is -7.07. The first kappa shape index (κ1) is 21.7. The molecular formula is C19H15ClF6N4O. The third-order valence-electron chi connectivity index (χ3n) is 5.41. The van der Waals surface area contributed by atoms with E-state index in [-0.39, 0.29) is 16.9 Å². The van der Waals surface area contributed by atoms with Crippen LogP contribution in [0.15, 0.2) is 35.3 Å². The number of benzene rings is 1. The number of nitrogens with two attached hydrogens (primary N) is 1. The molecule has 166 valence electrons. The molecule has 1 atom stereocenters. The molecule has 3 aromatic rings. The zero-order chi connectivity index (χ0) is 22.9. The second kappa shape index (κ2) is 6.73. The summed E-state index contributed by atoms with van der Waals surface area (Å²) in [5, 5.41) is 2.90. The van der Waals surface area contributed by atoms with Crippen LogP contribution in [-0.2, 0) is 18.8 Å². The van der Waals surface area contributed by atoms with Gasteiger partial charge in [0.05, 0.1) is 16.3 Å². The zero-order valence-corrected chi connectivity index (χ0v) is 16.6.